The maximum atomic E-state index is 4.31. The number of likely N-dealkylation sites (tertiary alicyclic amines) is 1. The van der Waals surface area contributed by atoms with Crippen LogP contribution in [-0.2, 0) is 7.05 Å². The Kier molecular flexibility index (Phi) is 3.72. The number of aromatic nitrogens is 2. The van der Waals surface area contributed by atoms with Crippen LogP contribution in [0.3, 0.4) is 0 Å². The monoisotopic (exact) mass is 322 g/mol. The van der Waals surface area contributed by atoms with Crippen LogP contribution in [0.15, 0.2) is 36.8 Å². The van der Waals surface area contributed by atoms with Crippen molar-refractivity contribution >= 4 is 11.3 Å². The Hall–Kier alpha value is -2.07. The standard InChI is InChI=1S/C20H26N4/c1-14-5-6-19-17(9-14)18-13-22(3)8-7-20(18)24(19)11-15(2)16-10-21-23(4)12-16/h5-6,9-12,18,20H,7-8,13H2,1-4H3/b15-11-. The van der Waals surface area contributed by atoms with E-state index in [1.165, 1.54) is 40.9 Å². The summed E-state index contributed by atoms with van der Waals surface area (Å²) in [6, 6.07) is 7.50. The molecule has 0 spiro atoms. The van der Waals surface area contributed by atoms with Gasteiger partial charge in [-0.1, -0.05) is 17.7 Å². The second kappa shape index (κ2) is 5.78. The van der Waals surface area contributed by atoms with E-state index in [4.69, 9.17) is 0 Å². The Morgan fingerprint density at radius 2 is 2.12 bits per heavy atom. The minimum Gasteiger partial charge on any atom is -0.344 e. The summed E-state index contributed by atoms with van der Waals surface area (Å²) in [7, 11) is 4.21. The maximum Gasteiger partial charge on any atom is 0.0565 e. The molecule has 126 valence electrons. The zero-order chi connectivity index (χ0) is 16.8. The zero-order valence-corrected chi connectivity index (χ0v) is 15.0. The Morgan fingerprint density at radius 1 is 1.29 bits per heavy atom. The Balaban J connectivity index is 1.75. The number of anilines is 1. The highest BCUT2D eigenvalue weighted by atomic mass is 15.2. The van der Waals surface area contributed by atoms with Gasteiger partial charge in [-0.2, -0.15) is 5.10 Å². The summed E-state index contributed by atoms with van der Waals surface area (Å²) in [4.78, 5) is 4.99. The van der Waals surface area contributed by atoms with Gasteiger partial charge in [-0.15, -0.1) is 0 Å². The summed E-state index contributed by atoms with van der Waals surface area (Å²) in [5, 5.41) is 4.31. The lowest BCUT2D eigenvalue weighted by Gasteiger charge is -2.36. The Morgan fingerprint density at radius 3 is 2.88 bits per heavy atom. The highest BCUT2D eigenvalue weighted by Crippen LogP contribution is 2.45. The molecule has 3 heterocycles. The minimum absolute atomic E-state index is 0.574. The third kappa shape index (κ3) is 2.55. The summed E-state index contributed by atoms with van der Waals surface area (Å²) >= 11 is 0. The van der Waals surface area contributed by atoms with Gasteiger partial charge in [-0.3, -0.25) is 4.68 Å². The molecule has 2 aliphatic rings. The molecule has 0 saturated carbocycles. The van der Waals surface area contributed by atoms with E-state index in [2.05, 4.69) is 66.4 Å². The van der Waals surface area contributed by atoms with E-state index in [1.807, 2.05) is 17.9 Å². The second-order valence-corrected chi connectivity index (χ2v) is 7.41. The molecule has 4 heteroatoms. The lowest BCUT2D eigenvalue weighted by molar-refractivity contribution is 0.235. The molecule has 0 N–H and O–H groups in total. The van der Waals surface area contributed by atoms with Crippen molar-refractivity contribution in [2.45, 2.75) is 32.2 Å². The first-order valence-corrected chi connectivity index (χ1v) is 8.78. The molecule has 4 rings (SSSR count). The van der Waals surface area contributed by atoms with Crippen molar-refractivity contribution < 1.29 is 0 Å². The Bertz CT molecular complexity index is 789. The van der Waals surface area contributed by atoms with Gasteiger partial charge in [-0.05, 0) is 51.1 Å². The van der Waals surface area contributed by atoms with Crippen molar-refractivity contribution in [2.24, 2.45) is 7.05 Å². The van der Waals surface area contributed by atoms with Crippen LogP contribution in [0.4, 0.5) is 5.69 Å². The van der Waals surface area contributed by atoms with Crippen LogP contribution >= 0.6 is 0 Å². The van der Waals surface area contributed by atoms with Gasteiger partial charge in [0.05, 0.1) is 6.20 Å². The average Bonchev–Trinajstić information content (AvgIpc) is 3.10. The Labute approximate surface area is 144 Å². The molecule has 1 aromatic heterocycles. The topological polar surface area (TPSA) is 24.3 Å². The third-order valence-corrected chi connectivity index (χ3v) is 5.49. The van der Waals surface area contributed by atoms with Crippen LogP contribution in [0, 0.1) is 6.92 Å². The van der Waals surface area contributed by atoms with Gasteiger partial charge in [0.25, 0.3) is 0 Å². The van der Waals surface area contributed by atoms with Gasteiger partial charge < -0.3 is 9.80 Å². The van der Waals surface area contributed by atoms with Crippen molar-refractivity contribution in [1.29, 1.82) is 0 Å². The molecule has 1 aromatic carbocycles. The van der Waals surface area contributed by atoms with Crippen LogP contribution in [-0.4, -0.2) is 40.9 Å². The summed E-state index contributed by atoms with van der Waals surface area (Å²) in [5.41, 5.74) is 6.73. The van der Waals surface area contributed by atoms with E-state index in [1.54, 1.807) is 0 Å². The number of hydrogen-bond acceptors (Lipinski definition) is 3. The SMILES string of the molecule is C/C(=C/N1c2ccc(C)cc2C2CN(C)CCC21)c1cnn(C)c1. The largest absolute Gasteiger partial charge is 0.344 e. The number of hydrogen-bond donors (Lipinski definition) is 0. The summed E-state index contributed by atoms with van der Waals surface area (Å²) < 4.78 is 1.87. The van der Waals surface area contributed by atoms with Crippen molar-refractivity contribution in [2.75, 3.05) is 25.0 Å². The van der Waals surface area contributed by atoms with E-state index in [-0.39, 0.29) is 0 Å². The molecule has 4 nitrogen and oxygen atoms in total. The van der Waals surface area contributed by atoms with Crippen LogP contribution < -0.4 is 4.90 Å². The van der Waals surface area contributed by atoms with Gasteiger partial charge in [-0.25, -0.2) is 0 Å². The first-order valence-electron chi connectivity index (χ1n) is 8.78. The quantitative estimate of drug-likeness (QED) is 0.847. The van der Waals surface area contributed by atoms with Crippen molar-refractivity contribution in [3.8, 4) is 0 Å². The van der Waals surface area contributed by atoms with Gasteiger partial charge in [0.1, 0.15) is 0 Å². The van der Waals surface area contributed by atoms with Crippen LogP contribution in [0.5, 0.6) is 0 Å². The lowest BCUT2D eigenvalue weighted by Crippen LogP contribution is -2.43. The van der Waals surface area contributed by atoms with Gasteiger partial charge in [0, 0.05) is 49.2 Å². The molecule has 0 radical (unpaired) electrons. The molecule has 2 aromatic rings. The van der Waals surface area contributed by atoms with Crippen LogP contribution in [0.1, 0.15) is 36.0 Å². The number of nitrogens with zero attached hydrogens (tertiary/aromatic N) is 4. The predicted molar refractivity (Wildman–Crippen MR) is 99.2 cm³/mol. The third-order valence-electron chi connectivity index (χ3n) is 5.49. The first-order chi connectivity index (χ1) is 11.5. The van der Waals surface area contributed by atoms with E-state index in [0.29, 0.717) is 12.0 Å². The maximum absolute atomic E-state index is 4.31. The summed E-state index contributed by atoms with van der Waals surface area (Å²) in [6.45, 7) is 6.70. The number of aryl methyl sites for hydroxylation is 2. The molecule has 2 unspecified atom stereocenters. The molecule has 24 heavy (non-hydrogen) atoms. The lowest BCUT2D eigenvalue weighted by atomic mass is 9.89. The summed E-state index contributed by atoms with van der Waals surface area (Å²) in [5.74, 6) is 0.608. The van der Waals surface area contributed by atoms with E-state index in [0.717, 1.165) is 6.54 Å². The van der Waals surface area contributed by atoms with Crippen molar-refractivity contribution in [3.63, 3.8) is 0 Å². The number of rotatable bonds is 2. The highest BCUT2D eigenvalue weighted by molar-refractivity contribution is 5.72. The van der Waals surface area contributed by atoms with Gasteiger partial charge in [0.15, 0.2) is 0 Å². The fraction of sp³-hybridized carbons (Fsp3) is 0.450. The zero-order valence-electron chi connectivity index (χ0n) is 15.0. The number of fused-ring (bicyclic) bond motifs is 3. The molecular weight excluding hydrogens is 296 g/mol. The van der Waals surface area contributed by atoms with Crippen LogP contribution in [0.25, 0.3) is 5.57 Å². The molecule has 0 aliphatic carbocycles. The summed E-state index contributed by atoms with van der Waals surface area (Å²) in [6.07, 6.45) is 7.58. The van der Waals surface area contributed by atoms with Gasteiger partial charge >= 0.3 is 0 Å². The number of likely N-dealkylation sites (N-methyl/N-ethyl adjacent to an activating group) is 1. The minimum atomic E-state index is 0.574. The normalized spacial score (nSPS) is 24.2. The van der Waals surface area contributed by atoms with Crippen LogP contribution in [0.2, 0.25) is 0 Å². The molecular formula is C20H26N4. The van der Waals surface area contributed by atoms with Crippen molar-refractivity contribution in [3.05, 3.63) is 53.5 Å². The smallest absolute Gasteiger partial charge is 0.0565 e. The van der Waals surface area contributed by atoms with Gasteiger partial charge in [0.2, 0.25) is 0 Å². The number of benzene rings is 1. The number of allylic oxidation sites excluding steroid dienone is 1. The second-order valence-electron chi connectivity index (χ2n) is 7.41. The molecule has 0 bridgehead atoms. The average molecular weight is 322 g/mol. The molecule has 2 atom stereocenters. The predicted octanol–water partition coefficient (Wildman–Crippen LogP) is 3.40. The van der Waals surface area contributed by atoms with E-state index < -0.39 is 0 Å². The molecule has 1 fully saturated rings. The number of piperidine rings is 1. The fourth-order valence-corrected chi connectivity index (χ4v) is 4.20. The fourth-order valence-electron chi connectivity index (χ4n) is 4.20. The molecule has 1 saturated heterocycles. The molecule has 0 amide bonds. The van der Waals surface area contributed by atoms with E-state index >= 15 is 0 Å². The van der Waals surface area contributed by atoms with Crippen molar-refractivity contribution in [1.82, 2.24) is 14.7 Å². The highest BCUT2D eigenvalue weighted by Gasteiger charge is 2.40. The first kappa shape index (κ1) is 15.5. The molecule has 2 aliphatic heterocycles. The van der Waals surface area contributed by atoms with E-state index in [9.17, 15) is 0 Å².